The SMILES string of the molecule is c1csc([C@]2([C@H]3CCCN(c4nnnc5cc(N6CCOCC6)ccc45)C3)CCCO2)n1. The molecule has 2 aromatic heterocycles. The number of anilines is 2. The maximum absolute atomic E-state index is 6.44. The average molecular weight is 453 g/mol. The Morgan fingerprint density at radius 2 is 1.97 bits per heavy atom. The van der Waals surface area contributed by atoms with Crippen molar-refractivity contribution < 1.29 is 9.47 Å². The lowest BCUT2D eigenvalue weighted by Gasteiger charge is -2.42. The number of thiazole rings is 1. The van der Waals surface area contributed by atoms with Gasteiger partial charge in [-0.25, -0.2) is 4.98 Å². The normalized spacial score (nSPS) is 26.7. The smallest absolute Gasteiger partial charge is 0.162 e. The van der Waals surface area contributed by atoms with Crippen LogP contribution in [0, 0.1) is 5.92 Å². The summed E-state index contributed by atoms with van der Waals surface area (Å²) in [4.78, 5) is 9.40. The van der Waals surface area contributed by atoms with Gasteiger partial charge >= 0.3 is 0 Å². The van der Waals surface area contributed by atoms with Gasteiger partial charge in [-0.3, -0.25) is 0 Å². The Labute approximate surface area is 191 Å². The van der Waals surface area contributed by atoms with Gasteiger partial charge in [-0.15, -0.1) is 21.5 Å². The van der Waals surface area contributed by atoms with Gasteiger partial charge in [0, 0.05) is 61.4 Å². The molecule has 0 saturated carbocycles. The van der Waals surface area contributed by atoms with Crippen LogP contribution in [0.5, 0.6) is 0 Å². The second kappa shape index (κ2) is 8.53. The van der Waals surface area contributed by atoms with E-state index in [4.69, 9.17) is 9.47 Å². The Bertz CT molecular complexity index is 1070. The number of benzene rings is 1. The molecule has 0 unspecified atom stereocenters. The van der Waals surface area contributed by atoms with E-state index in [1.54, 1.807) is 11.3 Å². The largest absolute Gasteiger partial charge is 0.378 e. The van der Waals surface area contributed by atoms with Crippen LogP contribution < -0.4 is 9.80 Å². The van der Waals surface area contributed by atoms with Crippen molar-refractivity contribution in [2.24, 2.45) is 5.92 Å². The first-order valence-electron chi connectivity index (χ1n) is 11.6. The Kier molecular flexibility index (Phi) is 5.40. The molecule has 3 saturated heterocycles. The van der Waals surface area contributed by atoms with Gasteiger partial charge in [0.15, 0.2) is 5.82 Å². The first-order chi connectivity index (χ1) is 15.8. The minimum Gasteiger partial charge on any atom is -0.378 e. The molecule has 5 heterocycles. The van der Waals surface area contributed by atoms with Crippen molar-refractivity contribution in [3.63, 3.8) is 0 Å². The molecule has 0 amide bonds. The summed E-state index contributed by atoms with van der Waals surface area (Å²) in [7, 11) is 0. The van der Waals surface area contributed by atoms with Gasteiger partial charge in [0.25, 0.3) is 0 Å². The molecule has 8 nitrogen and oxygen atoms in total. The highest BCUT2D eigenvalue weighted by molar-refractivity contribution is 7.09. The molecular weight excluding hydrogens is 424 g/mol. The van der Waals surface area contributed by atoms with Crippen LogP contribution in [-0.4, -0.2) is 66.4 Å². The first kappa shape index (κ1) is 20.3. The molecule has 0 N–H and O–H groups in total. The monoisotopic (exact) mass is 452 g/mol. The van der Waals surface area contributed by atoms with Crippen molar-refractivity contribution in [3.05, 3.63) is 34.8 Å². The second-order valence-electron chi connectivity index (χ2n) is 8.88. The summed E-state index contributed by atoms with van der Waals surface area (Å²) in [6.07, 6.45) is 6.30. The Morgan fingerprint density at radius 3 is 2.78 bits per heavy atom. The summed E-state index contributed by atoms with van der Waals surface area (Å²) in [5.74, 6) is 1.32. The Balaban J connectivity index is 1.30. The van der Waals surface area contributed by atoms with Crippen molar-refractivity contribution in [2.75, 3.05) is 55.8 Å². The number of hydrogen-bond acceptors (Lipinski definition) is 9. The molecule has 0 radical (unpaired) electrons. The molecular formula is C23H28N6O2S. The Hall–Kier alpha value is -2.36. The molecule has 9 heteroatoms. The van der Waals surface area contributed by atoms with Crippen LogP contribution in [0.2, 0.25) is 0 Å². The highest BCUT2D eigenvalue weighted by Gasteiger charge is 2.47. The number of ether oxygens (including phenoxy) is 2. The van der Waals surface area contributed by atoms with Gasteiger partial charge in [-0.1, -0.05) is 0 Å². The quantitative estimate of drug-likeness (QED) is 0.597. The molecule has 0 bridgehead atoms. The van der Waals surface area contributed by atoms with Gasteiger partial charge in [0.05, 0.1) is 13.2 Å². The lowest BCUT2D eigenvalue weighted by molar-refractivity contribution is -0.0539. The van der Waals surface area contributed by atoms with Gasteiger partial charge in [-0.05, 0) is 49.1 Å². The molecule has 32 heavy (non-hydrogen) atoms. The molecule has 1 aromatic carbocycles. The van der Waals surface area contributed by atoms with Crippen LogP contribution >= 0.6 is 11.3 Å². The average Bonchev–Trinajstić information content (AvgIpc) is 3.57. The maximum Gasteiger partial charge on any atom is 0.162 e. The van der Waals surface area contributed by atoms with Crippen molar-refractivity contribution in [3.8, 4) is 0 Å². The number of hydrogen-bond donors (Lipinski definition) is 0. The van der Waals surface area contributed by atoms with E-state index in [0.29, 0.717) is 5.92 Å². The van der Waals surface area contributed by atoms with E-state index in [2.05, 4.69) is 53.8 Å². The van der Waals surface area contributed by atoms with E-state index in [0.717, 1.165) is 93.4 Å². The molecule has 3 aliphatic heterocycles. The zero-order chi connectivity index (χ0) is 21.4. The number of fused-ring (bicyclic) bond motifs is 1. The van der Waals surface area contributed by atoms with Crippen molar-refractivity contribution in [2.45, 2.75) is 31.3 Å². The van der Waals surface area contributed by atoms with E-state index >= 15 is 0 Å². The minimum absolute atomic E-state index is 0.257. The van der Waals surface area contributed by atoms with E-state index in [1.165, 1.54) is 5.69 Å². The van der Waals surface area contributed by atoms with Gasteiger partial charge in [-0.2, -0.15) is 0 Å². The summed E-state index contributed by atoms with van der Waals surface area (Å²) >= 11 is 1.72. The molecule has 0 aliphatic carbocycles. The number of rotatable bonds is 4. The second-order valence-corrected chi connectivity index (χ2v) is 9.77. The predicted molar refractivity (Wildman–Crippen MR) is 124 cm³/mol. The van der Waals surface area contributed by atoms with Gasteiger partial charge in [0.2, 0.25) is 0 Å². The third-order valence-electron chi connectivity index (χ3n) is 7.12. The highest BCUT2D eigenvalue weighted by atomic mass is 32.1. The Morgan fingerprint density at radius 1 is 1.03 bits per heavy atom. The third kappa shape index (κ3) is 3.52. The summed E-state index contributed by atoms with van der Waals surface area (Å²) in [5, 5.41) is 17.3. The highest BCUT2D eigenvalue weighted by Crippen LogP contribution is 2.47. The lowest BCUT2D eigenvalue weighted by Crippen LogP contribution is -2.46. The van der Waals surface area contributed by atoms with Crippen molar-refractivity contribution in [1.82, 2.24) is 20.4 Å². The fourth-order valence-electron chi connectivity index (χ4n) is 5.52. The number of morpholine rings is 1. The zero-order valence-electron chi connectivity index (χ0n) is 18.2. The minimum atomic E-state index is -0.257. The van der Waals surface area contributed by atoms with Crippen LogP contribution in [0.3, 0.4) is 0 Å². The fraction of sp³-hybridized carbons (Fsp3) is 0.565. The van der Waals surface area contributed by atoms with E-state index in [9.17, 15) is 0 Å². The van der Waals surface area contributed by atoms with E-state index in [1.807, 2.05) is 6.20 Å². The maximum atomic E-state index is 6.44. The van der Waals surface area contributed by atoms with E-state index < -0.39 is 0 Å². The molecule has 168 valence electrons. The third-order valence-corrected chi connectivity index (χ3v) is 8.05. The molecule has 3 aromatic rings. The van der Waals surface area contributed by atoms with Crippen molar-refractivity contribution in [1.29, 1.82) is 0 Å². The standard InChI is InChI=1S/C23H28N6O2S/c1-3-17(23(6-2-11-31-23)22-24-7-14-32-22)16-29(8-1)21-19-5-4-18(15-20(19)25-27-26-21)28-9-12-30-13-10-28/h4-5,7,14-15,17H,1-3,6,8-13,16H2/t17-,23+/m0/s1. The molecule has 6 rings (SSSR count). The summed E-state index contributed by atoms with van der Waals surface area (Å²) in [6.45, 7) is 6.04. The number of nitrogens with zero attached hydrogens (tertiary/aromatic N) is 6. The number of piperidine rings is 1. The zero-order valence-corrected chi connectivity index (χ0v) is 19.0. The van der Waals surface area contributed by atoms with Crippen LogP contribution in [-0.2, 0) is 15.1 Å². The summed E-state index contributed by atoms with van der Waals surface area (Å²) in [6, 6.07) is 6.47. The molecule has 2 atom stereocenters. The topological polar surface area (TPSA) is 76.5 Å². The molecule has 0 spiro atoms. The van der Waals surface area contributed by atoms with Crippen LogP contribution in [0.4, 0.5) is 11.5 Å². The first-order valence-corrected chi connectivity index (χ1v) is 12.5. The van der Waals surface area contributed by atoms with E-state index in [-0.39, 0.29) is 5.60 Å². The molecule has 3 fully saturated rings. The van der Waals surface area contributed by atoms with Crippen molar-refractivity contribution >= 4 is 33.7 Å². The lowest BCUT2D eigenvalue weighted by atomic mass is 9.80. The predicted octanol–water partition coefficient (Wildman–Crippen LogP) is 3.24. The van der Waals surface area contributed by atoms with Crippen LogP contribution in [0.15, 0.2) is 29.8 Å². The van der Waals surface area contributed by atoms with Crippen LogP contribution in [0.1, 0.15) is 30.7 Å². The van der Waals surface area contributed by atoms with Gasteiger partial charge in [0.1, 0.15) is 16.1 Å². The van der Waals surface area contributed by atoms with Crippen LogP contribution in [0.25, 0.3) is 10.9 Å². The molecule has 3 aliphatic rings. The summed E-state index contributed by atoms with van der Waals surface area (Å²) < 4.78 is 11.9. The van der Waals surface area contributed by atoms with Gasteiger partial charge < -0.3 is 19.3 Å². The number of aromatic nitrogens is 4. The summed E-state index contributed by atoms with van der Waals surface area (Å²) in [5.41, 5.74) is 1.81. The fourth-order valence-corrected chi connectivity index (χ4v) is 6.42.